The van der Waals surface area contributed by atoms with Gasteiger partial charge in [-0.2, -0.15) is 5.10 Å². The van der Waals surface area contributed by atoms with Crippen molar-refractivity contribution in [3.05, 3.63) is 87.3 Å². The Bertz CT molecular complexity index is 1360. The van der Waals surface area contributed by atoms with Crippen LogP contribution in [0, 0.1) is 27.7 Å². The molecule has 1 amide bonds. The molecule has 0 fully saturated rings. The fourth-order valence-corrected chi connectivity index (χ4v) is 4.72. The smallest absolute Gasteiger partial charge is 0.250 e. The number of benzene rings is 2. The normalized spacial score (nSPS) is 11.4. The molecule has 2 aromatic carbocycles. The van der Waals surface area contributed by atoms with Crippen LogP contribution in [0.1, 0.15) is 33.8 Å². The van der Waals surface area contributed by atoms with Crippen molar-refractivity contribution >= 4 is 46.4 Å². The van der Waals surface area contributed by atoms with Crippen molar-refractivity contribution in [3.63, 3.8) is 0 Å². The van der Waals surface area contributed by atoms with Gasteiger partial charge in [-0.1, -0.05) is 47.1 Å². The van der Waals surface area contributed by atoms with Crippen LogP contribution in [0.3, 0.4) is 0 Å². The van der Waals surface area contributed by atoms with E-state index in [2.05, 4.69) is 57.1 Å². The number of aromatic nitrogens is 3. The summed E-state index contributed by atoms with van der Waals surface area (Å²) in [6.07, 6.45) is 1.73. The first-order valence-electron chi connectivity index (χ1n) is 10.9. The van der Waals surface area contributed by atoms with Crippen molar-refractivity contribution in [2.75, 3.05) is 5.75 Å². The van der Waals surface area contributed by atoms with Gasteiger partial charge in [0.05, 0.1) is 12.0 Å². The Morgan fingerprint density at radius 3 is 2.47 bits per heavy atom. The van der Waals surface area contributed by atoms with Crippen LogP contribution < -0.4 is 5.43 Å². The minimum absolute atomic E-state index is 0.191. The lowest BCUT2D eigenvalue weighted by molar-refractivity contribution is -0.118. The second-order valence-electron chi connectivity index (χ2n) is 8.25. The zero-order chi connectivity index (χ0) is 24.2. The molecule has 0 saturated heterocycles. The quantitative estimate of drug-likeness (QED) is 0.158. The molecule has 0 aliphatic heterocycles. The number of hydrogen-bond acceptors (Lipinski definition) is 5. The summed E-state index contributed by atoms with van der Waals surface area (Å²) in [5, 5.41) is 6.66. The number of hydrazone groups is 1. The van der Waals surface area contributed by atoms with Crippen LogP contribution in [0.5, 0.6) is 0 Å². The summed E-state index contributed by atoms with van der Waals surface area (Å²) in [4.78, 5) is 21.0. The third-order valence-electron chi connectivity index (χ3n) is 5.46. The highest BCUT2D eigenvalue weighted by Crippen LogP contribution is 2.27. The summed E-state index contributed by atoms with van der Waals surface area (Å²) in [5.74, 6) is -0.0147. The van der Waals surface area contributed by atoms with E-state index in [-0.39, 0.29) is 11.7 Å². The summed E-state index contributed by atoms with van der Waals surface area (Å²) in [5.41, 5.74) is 9.90. The van der Waals surface area contributed by atoms with E-state index in [0.29, 0.717) is 5.16 Å². The fourth-order valence-electron chi connectivity index (χ4n) is 3.85. The molecule has 2 aromatic heterocycles. The Hall–Kier alpha value is -3.16. The molecule has 0 unspecified atom stereocenters. The van der Waals surface area contributed by atoms with Crippen molar-refractivity contribution in [3.8, 4) is 0 Å². The molecule has 4 aromatic rings. The summed E-state index contributed by atoms with van der Waals surface area (Å²) >= 11 is 7.34. The van der Waals surface area contributed by atoms with Crippen molar-refractivity contribution in [2.24, 2.45) is 5.10 Å². The van der Waals surface area contributed by atoms with E-state index in [0.717, 1.165) is 50.7 Å². The molecule has 0 aliphatic carbocycles. The number of amides is 1. The predicted octanol–water partition coefficient (Wildman–Crippen LogP) is 5.61. The van der Waals surface area contributed by atoms with Crippen molar-refractivity contribution in [1.29, 1.82) is 0 Å². The maximum absolute atomic E-state index is 12.3. The van der Waals surface area contributed by atoms with Gasteiger partial charge in [-0.15, -0.1) is 0 Å². The Labute approximate surface area is 208 Å². The van der Waals surface area contributed by atoms with Gasteiger partial charge in [-0.25, -0.2) is 15.4 Å². The Morgan fingerprint density at radius 1 is 1.06 bits per heavy atom. The minimum atomic E-state index is -0.206. The van der Waals surface area contributed by atoms with Gasteiger partial charge in [0, 0.05) is 45.1 Å². The molecule has 1 N–H and O–H groups in total. The van der Waals surface area contributed by atoms with Crippen LogP contribution in [0.2, 0.25) is 5.02 Å². The van der Waals surface area contributed by atoms with Gasteiger partial charge in [-0.05, 0) is 63.6 Å². The Balaban J connectivity index is 1.51. The molecule has 4 rings (SSSR count). The summed E-state index contributed by atoms with van der Waals surface area (Å²) in [7, 11) is 0. The van der Waals surface area contributed by atoms with Crippen LogP contribution in [-0.2, 0) is 11.3 Å². The molecule has 0 atom stereocenters. The monoisotopic (exact) mass is 491 g/mol. The highest BCUT2D eigenvalue weighted by molar-refractivity contribution is 7.99. The molecule has 2 heterocycles. The SMILES string of the molecule is Cc1ccc2c(c1)c(/C=N/NC(=O)CSc1nc(C)cc(C)n1)c(C)n2Cc1ccc(Cl)cc1. The van der Waals surface area contributed by atoms with E-state index < -0.39 is 0 Å². The summed E-state index contributed by atoms with van der Waals surface area (Å²) in [6.45, 7) is 8.68. The lowest BCUT2D eigenvalue weighted by Crippen LogP contribution is -2.20. The van der Waals surface area contributed by atoms with E-state index in [1.807, 2.05) is 44.2 Å². The molecule has 34 heavy (non-hydrogen) atoms. The number of carbonyl (C=O) groups excluding carboxylic acids is 1. The standard InChI is InChI=1S/C26H26ClN5OS/c1-16-5-10-24-22(11-16)23(19(4)32(24)14-20-6-8-21(27)9-7-20)13-28-31-25(33)15-34-26-29-17(2)12-18(3)30-26/h5-13H,14-15H2,1-4H3,(H,31,33)/b28-13+. The van der Waals surface area contributed by atoms with Gasteiger partial charge in [0.2, 0.25) is 0 Å². The lowest BCUT2D eigenvalue weighted by atomic mass is 10.1. The number of carbonyl (C=O) groups is 1. The van der Waals surface area contributed by atoms with Gasteiger partial charge < -0.3 is 4.57 Å². The van der Waals surface area contributed by atoms with E-state index in [4.69, 9.17) is 11.6 Å². The van der Waals surface area contributed by atoms with Crippen molar-refractivity contribution in [2.45, 2.75) is 39.4 Å². The van der Waals surface area contributed by atoms with E-state index in [9.17, 15) is 4.79 Å². The summed E-state index contributed by atoms with van der Waals surface area (Å²) < 4.78 is 2.26. The first kappa shape index (κ1) is 24.0. The number of fused-ring (bicyclic) bond motifs is 1. The molecule has 0 aliphatic rings. The number of aryl methyl sites for hydroxylation is 3. The first-order chi connectivity index (χ1) is 16.3. The van der Waals surface area contributed by atoms with Crippen LogP contribution in [0.4, 0.5) is 0 Å². The Morgan fingerprint density at radius 2 is 1.76 bits per heavy atom. The molecule has 6 nitrogen and oxygen atoms in total. The molecule has 0 radical (unpaired) electrons. The molecule has 0 bridgehead atoms. The largest absolute Gasteiger partial charge is 0.340 e. The van der Waals surface area contributed by atoms with Crippen LogP contribution >= 0.6 is 23.4 Å². The highest BCUT2D eigenvalue weighted by Gasteiger charge is 2.14. The number of thioether (sulfide) groups is 1. The Kier molecular flexibility index (Phi) is 7.34. The predicted molar refractivity (Wildman–Crippen MR) is 140 cm³/mol. The first-order valence-corrected chi connectivity index (χ1v) is 12.3. The number of nitrogens with one attached hydrogen (secondary N) is 1. The average molecular weight is 492 g/mol. The summed E-state index contributed by atoms with van der Waals surface area (Å²) in [6, 6.07) is 16.2. The number of hydrogen-bond donors (Lipinski definition) is 1. The van der Waals surface area contributed by atoms with Gasteiger partial charge in [0.15, 0.2) is 5.16 Å². The second kappa shape index (κ2) is 10.4. The number of halogens is 1. The van der Waals surface area contributed by atoms with Gasteiger partial charge in [0.25, 0.3) is 5.91 Å². The van der Waals surface area contributed by atoms with Crippen LogP contribution in [-0.4, -0.2) is 32.4 Å². The minimum Gasteiger partial charge on any atom is -0.340 e. The maximum atomic E-state index is 12.3. The van der Waals surface area contributed by atoms with E-state index in [1.54, 1.807) is 6.21 Å². The molecule has 0 saturated carbocycles. The molecule has 174 valence electrons. The zero-order valence-corrected chi connectivity index (χ0v) is 21.2. The maximum Gasteiger partial charge on any atom is 0.250 e. The topological polar surface area (TPSA) is 72.2 Å². The average Bonchev–Trinajstić information content (AvgIpc) is 3.03. The molecule has 8 heteroatoms. The molecule has 0 spiro atoms. The third-order valence-corrected chi connectivity index (χ3v) is 6.56. The highest BCUT2D eigenvalue weighted by atomic mass is 35.5. The van der Waals surface area contributed by atoms with E-state index >= 15 is 0 Å². The van der Waals surface area contributed by atoms with Crippen molar-refractivity contribution < 1.29 is 4.79 Å². The van der Waals surface area contributed by atoms with Gasteiger partial charge >= 0.3 is 0 Å². The van der Waals surface area contributed by atoms with Crippen molar-refractivity contribution in [1.82, 2.24) is 20.0 Å². The van der Waals surface area contributed by atoms with Gasteiger partial charge in [-0.3, -0.25) is 4.79 Å². The molecular formula is C26H26ClN5OS. The number of rotatable bonds is 7. The van der Waals surface area contributed by atoms with Gasteiger partial charge in [0.1, 0.15) is 0 Å². The van der Waals surface area contributed by atoms with E-state index in [1.165, 1.54) is 17.3 Å². The fraction of sp³-hybridized carbons (Fsp3) is 0.231. The number of nitrogens with zero attached hydrogens (tertiary/aromatic N) is 4. The van der Waals surface area contributed by atoms with Crippen LogP contribution in [0.25, 0.3) is 10.9 Å². The zero-order valence-electron chi connectivity index (χ0n) is 19.6. The third kappa shape index (κ3) is 5.66. The lowest BCUT2D eigenvalue weighted by Gasteiger charge is -2.09. The van der Waals surface area contributed by atoms with Crippen LogP contribution in [0.15, 0.2) is 58.8 Å². The second-order valence-corrected chi connectivity index (χ2v) is 9.63. The molecular weight excluding hydrogens is 466 g/mol.